The van der Waals surface area contributed by atoms with Crippen molar-refractivity contribution < 1.29 is 23.7 Å². The maximum absolute atomic E-state index is 5.61. The fourth-order valence-electron chi connectivity index (χ4n) is 1.24. The number of hydrogen-bond donors (Lipinski definition) is 2. The largest absolute Gasteiger partial charge is 0.382 e. The lowest BCUT2D eigenvalue weighted by atomic mass is 10.4. The third kappa shape index (κ3) is 14.4. The van der Waals surface area contributed by atoms with Gasteiger partial charge < -0.3 is 29.0 Å². The zero-order valence-electron chi connectivity index (χ0n) is 12.1. The van der Waals surface area contributed by atoms with E-state index in [9.17, 15) is 0 Å². The van der Waals surface area contributed by atoms with Crippen molar-refractivity contribution in [1.29, 1.82) is 0 Å². The summed E-state index contributed by atoms with van der Waals surface area (Å²) in [5.41, 5.74) is 0. The third-order valence-electron chi connectivity index (χ3n) is 2.23. The van der Waals surface area contributed by atoms with Crippen LogP contribution in [0.4, 0.5) is 0 Å². The Kier molecular flexibility index (Phi) is 15.5. The van der Waals surface area contributed by atoms with Crippen molar-refractivity contribution in [1.82, 2.24) is 5.32 Å². The first-order chi connectivity index (χ1) is 9.70. The van der Waals surface area contributed by atoms with Gasteiger partial charge in [0.25, 0.3) is 0 Å². The number of methoxy groups -OCH3 is 2. The number of hydrogen-bond acceptors (Lipinski definition) is 6. The molecule has 0 saturated carbocycles. The van der Waals surface area contributed by atoms with E-state index in [1.165, 1.54) is 0 Å². The topological polar surface area (TPSA) is 58.2 Å². The maximum Gasteiger partial charge on any atom is 0.130 e. The number of nitrogens with one attached hydrogen (secondary N) is 1. The summed E-state index contributed by atoms with van der Waals surface area (Å²) in [5, 5.41) is 2.94. The molecule has 120 valence electrons. The molecule has 0 fully saturated rings. The third-order valence-corrected chi connectivity index (χ3v) is 2.53. The molecule has 0 aromatic carbocycles. The molecule has 0 aromatic heterocycles. The predicted molar refractivity (Wildman–Crippen MR) is 84.7 cm³/mol. The minimum absolute atomic E-state index is 0.103. The van der Waals surface area contributed by atoms with Crippen LogP contribution in [0, 0.1) is 0 Å². The molecular weight excluding hydrogens is 302 g/mol. The second-order valence-corrected chi connectivity index (χ2v) is 5.01. The monoisotopic (exact) mass is 327 g/mol. The Morgan fingerprint density at radius 2 is 1.60 bits per heavy atom. The van der Waals surface area contributed by atoms with E-state index in [1.807, 2.05) is 0 Å². The molecule has 1 N–H and O–H groups in total. The Balaban J connectivity index is 3.64. The van der Waals surface area contributed by atoms with Gasteiger partial charge in [-0.05, 0) is 0 Å². The van der Waals surface area contributed by atoms with E-state index in [-0.39, 0.29) is 6.10 Å². The minimum atomic E-state index is -0.103. The second-order valence-electron chi connectivity index (χ2n) is 3.85. The normalized spacial score (nSPS) is 12.3. The van der Waals surface area contributed by atoms with Crippen LogP contribution in [0.3, 0.4) is 0 Å². The highest BCUT2D eigenvalue weighted by Crippen LogP contribution is 1.94. The highest BCUT2D eigenvalue weighted by molar-refractivity contribution is 8.11. The Labute approximate surface area is 131 Å². The van der Waals surface area contributed by atoms with Gasteiger partial charge in [0.05, 0.1) is 52.4 Å². The minimum Gasteiger partial charge on any atom is -0.382 e. The Morgan fingerprint density at radius 3 is 2.25 bits per heavy atom. The summed E-state index contributed by atoms with van der Waals surface area (Å²) in [7, 11) is 3.27. The highest BCUT2D eigenvalue weighted by Gasteiger charge is 2.09. The average Bonchev–Trinajstić information content (AvgIpc) is 2.43. The van der Waals surface area contributed by atoms with Crippen LogP contribution >= 0.6 is 24.8 Å². The van der Waals surface area contributed by atoms with E-state index in [4.69, 9.17) is 35.9 Å². The van der Waals surface area contributed by atoms with Crippen molar-refractivity contribution in [3.8, 4) is 0 Å². The fourth-order valence-corrected chi connectivity index (χ4v) is 1.42. The highest BCUT2D eigenvalue weighted by atomic mass is 32.1. The van der Waals surface area contributed by atoms with Crippen molar-refractivity contribution >= 4 is 29.2 Å². The van der Waals surface area contributed by atoms with Crippen LogP contribution in [0.15, 0.2) is 0 Å². The van der Waals surface area contributed by atoms with Gasteiger partial charge in [-0.25, -0.2) is 0 Å². The van der Waals surface area contributed by atoms with Crippen molar-refractivity contribution in [2.45, 2.75) is 6.10 Å². The molecule has 0 aliphatic heterocycles. The molecule has 0 rings (SSSR count). The standard InChI is InChI=1S/C12H25NO5S2/c1-14-3-5-16-6-7-17-10-11(9-13-12(19)20)18-8-4-15-2/h11H,3-10H2,1-2H3,(H2,13,19,20). The van der Waals surface area contributed by atoms with Crippen LogP contribution in [-0.4, -0.2) is 77.4 Å². The molecule has 1 atom stereocenters. The van der Waals surface area contributed by atoms with Crippen molar-refractivity contribution in [2.24, 2.45) is 0 Å². The van der Waals surface area contributed by atoms with Gasteiger partial charge in [-0.1, -0.05) is 12.2 Å². The molecule has 6 nitrogen and oxygen atoms in total. The van der Waals surface area contributed by atoms with Crippen LogP contribution in [0.5, 0.6) is 0 Å². The maximum atomic E-state index is 5.61. The summed E-state index contributed by atoms with van der Waals surface area (Å²) >= 11 is 8.85. The first-order valence-corrected chi connectivity index (χ1v) is 7.28. The van der Waals surface area contributed by atoms with Gasteiger partial charge in [0.15, 0.2) is 0 Å². The molecule has 0 aliphatic carbocycles. The summed E-state index contributed by atoms with van der Waals surface area (Å²) in [6.45, 7) is 4.27. The van der Waals surface area contributed by atoms with E-state index in [0.717, 1.165) is 0 Å². The van der Waals surface area contributed by atoms with Crippen molar-refractivity contribution in [2.75, 3.05) is 67.0 Å². The van der Waals surface area contributed by atoms with Crippen LogP contribution in [0.1, 0.15) is 0 Å². The van der Waals surface area contributed by atoms with Gasteiger partial charge in [-0.15, -0.1) is 12.6 Å². The fraction of sp³-hybridized carbons (Fsp3) is 0.917. The number of rotatable bonds is 14. The summed E-state index contributed by atoms with van der Waals surface area (Å²) in [6.07, 6.45) is -0.103. The molecule has 8 heteroatoms. The van der Waals surface area contributed by atoms with Gasteiger partial charge in [0, 0.05) is 20.8 Å². The zero-order chi connectivity index (χ0) is 15.1. The number of thiocarbonyl (C=S) groups is 1. The van der Waals surface area contributed by atoms with Crippen LogP contribution < -0.4 is 5.32 Å². The van der Waals surface area contributed by atoms with Crippen LogP contribution in [0.2, 0.25) is 0 Å². The van der Waals surface area contributed by atoms with Gasteiger partial charge in [-0.2, -0.15) is 0 Å². The first kappa shape index (κ1) is 20.0. The van der Waals surface area contributed by atoms with Gasteiger partial charge in [0.2, 0.25) is 0 Å². The lowest BCUT2D eigenvalue weighted by Crippen LogP contribution is -2.35. The SMILES string of the molecule is COCCOCCOCC(CNC(=S)S)OCCOC. The molecule has 0 saturated heterocycles. The van der Waals surface area contributed by atoms with E-state index in [0.29, 0.717) is 57.1 Å². The molecular formula is C12H25NO5S2. The Bertz CT molecular complexity index is 234. The Hall–Kier alpha value is 0.0400. The predicted octanol–water partition coefficient (Wildman–Crippen LogP) is 0.502. The summed E-state index contributed by atoms with van der Waals surface area (Å²) in [6, 6.07) is 0. The second kappa shape index (κ2) is 15.4. The Morgan fingerprint density at radius 1 is 1.00 bits per heavy atom. The summed E-state index contributed by atoms with van der Waals surface area (Å²) in [5.74, 6) is 0. The van der Waals surface area contributed by atoms with Crippen LogP contribution in [0.25, 0.3) is 0 Å². The van der Waals surface area contributed by atoms with E-state index in [1.54, 1.807) is 14.2 Å². The van der Waals surface area contributed by atoms with Gasteiger partial charge in [0.1, 0.15) is 4.32 Å². The first-order valence-electron chi connectivity index (χ1n) is 6.42. The van der Waals surface area contributed by atoms with Crippen molar-refractivity contribution in [3.63, 3.8) is 0 Å². The molecule has 1 unspecified atom stereocenters. The molecule has 0 radical (unpaired) electrons. The lowest BCUT2D eigenvalue weighted by Gasteiger charge is -2.18. The smallest absolute Gasteiger partial charge is 0.130 e. The van der Waals surface area contributed by atoms with Crippen molar-refractivity contribution in [3.05, 3.63) is 0 Å². The van der Waals surface area contributed by atoms with E-state index >= 15 is 0 Å². The average molecular weight is 327 g/mol. The summed E-state index contributed by atoms with van der Waals surface area (Å²) < 4.78 is 26.7. The zero-order valence-corrected chi connectivity index (χ0v) is 13.8. The molecule has 0 bridgehead atoms. The molecule has 20 heavy (non-hydrogen) atoms. The summed E-state index contributed by atoms with van der Waals surface area (Å²) in [4.78, 5) is 0. The molecule has 0 aromatic rings. The molecule has 0 spiro atoms. The van der Waals surface area contributed by atoms with Gasteiger partial charge in [-0.3, -0.25) is 0 Å². The van der Waals surface area contributed by atoms with E-state index in [2.05, 4.69) is 17.9 Å². The number of thiol groups is 1. The number of ether oxygens (including phenoxy) is 5. The van der Waals surface area contributed by atoms with Gasteiger partial charge >= 0.3 is 0 Å². The molecule has 0 amide bonds. The quantitative estimate of drug-likeness (QED) is 0.274. The molecule has 0 aliphatic rings. The lowest BCUT2D eigenvalue weighted by molar-refractivity contribution is -0.0429. The van der Waals surface area contributed by atoms with Crippen LogP contribution in [-0.2, 0) is 23.7 Å². The van der Waals surface area contributed by atoms with E-state index < -0.39 is 0 Å². The molecule has 0 heterocycles.